The number of nitrogens with zero attached hydrogens (tertiary/aromatic N) is 2. The minimum atomic E-state index is -4.07. The van der Waals surface area contributed by atoms with E-state index in [-0.39, 0.29) is 15.1 Å². The second-order valence-corrected chi connectivity index (χ2v) is 6.74. The first kappa shape index (κ1) is 15.2. The van der Waals surface area contributed by atoms with Gasteiger partial charge in [0.15, 0.2) is 0 Å². The topological polar surface area (TPSA) is 96.4 Å². The summed E-state index contributed by atoms with van der Waals surface area (Å²) in [5.74, 6) is -1.37. The number of aromatic nitrogens is 1. The fourth-order valence-electron chi connectivity index (χ4n) is 1.66. The summed E-state index contributed by atoms with van der Waals surface area (Å²) in [5.41, 5.74) is 0. The highest BCUT2D eigenvalue weighted by Gasteiger charge is 2.39. The van der Waals surface area contributed by atoms with Crippen LogP contribution in [0.4, 0.5) is 0 Å². The molecule has 108 valence electrons. The maximum absolute atomic E-state index is 12.4. The number of hydrogen-bond donors (Lipinski definition) is 1. The van der Waals surface area contributed by atoms with Crippen molar-refractivity contribution >= 4 is 45.0 Å². The van der Waals surface area contributed by atoms with Crippen LogP contribution in [-0.4, -0.2) is 42.1 Å². The van der Waals surface area contributed by atoms with Gasteiger partial charge in [0.05, 0.1) is 11.6 Å². The second kappa shape index (κ2) is 5.28. The van der Waals surface area contributed by atoms with Crippen LogP contribution < -0.4 is 5.32 Å². The van der Waals surface area contributed by atoms with Crippen LogP contribution in [0.2, 0.25) is 10.2 Å². The third-order valence-electron chi connectivity index (χ3n) is 2.75. The molecule has 1 N–H and O–H groups in total. The van der Waals surface area contributed by atoms with Crippen LogP contribution in [0, 0.1) is 0 Å². The third-order valence-corrected chi connectivity index (χ3v) is 5.32. The zero-order valence-electron chi connectivity index (χ0n) is 10.1. The molecule has 1 aliphatic heterocycles. The van der Waals surface area contributed by atoms with E-state index in [1.807, 2.05) is 0 Å². The van der Waals surface area contributed by atoms with Crippen molar-refractivity contribution in [3.8, 4) is 0 Å². The van der Waals surface area contributed by atoms with Crippen molar-refractivity contribution in [1.82, 2.24) is 14.6 Å². The molecule has 1 atom stereocenters. The zero-order chi connectivity index (χ0) is 15.1. The summed E-state index contributed by atoms with van der Waals surface area (Å²) < 4.78 is 25.6. The van der Waals surface area contributed by atoms with E-state index in [9.17, 15) is 18.0 Å². The number of sulfonamides is 1. The van der Waals surface area contributed by atoms with Gasteiger partial charge in [-0.3, -0.25) is 14.9 Å². The minimum absolute atomic E-state index is 0.0341. The average molecular weight is 338 g/mol. The number of imide groups is 1. The van der Waals surface area contributed by atoms with Crippen LogP contribution >= 0.6 is 23.2 Å². The van der Waals surface area contributed by atoms with Crippen molar-refractivity contribution < 1.29 is 18.0 Å². The third kappa shape index (κ3) is 2.64. The van der Waals surface area contributed by atoms with Gasteiger partial charge in [0, 0.05) is 6.20 Å². The van der Waals surface area contributed by atoms with Gasteiger partial charge in [-0.25, -0.2) is 13.4 Å². The van der Waals surface area contributed by atoms with Crippen LogP contribution in [-0.2, 0) is 19.6 Å². The summed E-state index contributed by atoms with van der Waals surface area (Å²) in [6.45, 7) is 0.930. The number of halogens is 2. The fraction of sp³-hybridized carbons (Fsp3) is 0.300. The molecule has 20 heavy (non-hydrogen) atoms. The minimum Gasteiger partial charge on any atom is -0.294 e. The molecule has 10 heteroatoms. The number of pyridine rings is 1. The number of carbonyl (C=O) groups excluding carboxylic acids is 2. The van der Waals surface area contributed by atoms with Crippen LogP contribution in [0.3, 0.4) is 0 Å². The zero-order valence-corrected chi connectivity index (χ0v) is 12.5. The van der Waals surface area contributed by atoms with E-state index < -0.39 is 34.4 Å². The molecule has 1 aliphatic rings. The van der Waals surface area contributed by atoms with Crippen molar-refractivity contribution in [2.45, 2.75) is 17.9 Å². The molecule has 1 aromatic rings. The maximum atomic E-state index is 12.4. The summed E-state index contributed by atoms with van der Waals surface area (Å²) in [7, 11) is -4.07. The highest BCUT2D eigenvalue weighted by atomic mass is 35.5. The lowest BCUT2D eigenvalue weighted by atomic mass is 10.2. The van der Waals surface area contributed by atoms with Crippen molar-refractivity contribution in [2.24, 2.45) is 0 Å². The maximum Gasteiger partial charge on any atom is 0.245 e. The van der Waals surface area contributed by atoms with E-state index in [0.29, 0.717) is 0 Å². The molecule has 0 bridgehead atoms. The molecule has 0 saturated carbocycles. The molecule has 2 amide bonds. The van der Waals surface area contributed by atoms with E-state index in [4.69, 9.17) is 23.2 Å². The second-order valence-electron chi connectivity index (χ2n) is 4.08. The molecule has 1 saturated heterocycles. The standard InChI is InChI=1S/C10H9Cl2N3O4S/c1-5-10(17)14-8(16)4-15(5)20(18,19)6-2-7(11)9(12)13-3-6/h2-3,5H,4H2,1H3,(H,14,16,17). The molecule has 1 fully saturated rings. The van der Waals surface area contributed by atoms with Gasteiger partial charge < -0.3 is 0 Å². The molecule has 0 radical (unpaired) electrons. The lowest BCUT2D eigenvalue weighted by Gasteiger charge is -2.30. The highest BCUT2D eigenvalue weighted by molar-refractivity contribution is 7.89. The summed E-state index contributed by atoms with van der Waals surface area (Å²) in [6.07, 6.45) is 1.02. The first-order chi connectivity index (χ1) is 9.23. The van der Waals surface area contributed by atoms with Gasteiger partial charge in [0.2, 0.25) is 21.8 Å². The average Bonchev–Trinajstić information content (AvgIpc) is 2.36. The molecule has 0 spiro atoms. The molecule has 2 rings (SSSR count). The summed E-state index contributed by atoms with van der Waals surface area (Å²) in [6, 6.07) is 0.114. The lowest BCUT2D eigenvalue weighted by Crippen LogP contribution is -2.58. The first-order valence-corrected chi connectivity index (χ1v) is 7.59. The Morgan fingerprint density at radius 2 is 2.05 bits per heavy atom. The Labute approximate surface area is 124 Å². The smallest absolute Gasteiger partial charge is 0.245 e. The molecular weight excluding hydrogens is 329 g/mol. The molecule has 1 unspecified atom stereocenters. The van der Waals surface area contributed by atoms with Gasteiger partial charge in [-0.15, -0.1) is 0 Å². The fourth-order valence-corrected chi connectivity index (χ4v) is 3.52. The summed E-state index contributed by atoms with van der Waals surface area (Å²) >= 11 is 11.4. The van der Waals surface area contributed by atoms with Crippen molar-refractivity contribution in [3.63, 3.8) is 0 Å². The monoisotopic (exact) mass is 337 g/mol. The van der Waals surface area contributed by atoms with Crippen LogP contribution in [0.5, 0.6) is 0 Å². The normalized spacial score (nSPS) is 20.9. The summed E-state index contributed by atoms with van der Waals surface area (Å²) in [5, 5.41) is 1.99. The Morgan fingerprint density at radius 3 is 2.65 bits per heavy atom. The number of piperazine rings is 1. The first-order valence-electron chi connectivity index (χ1n) is 5.40. The Kier molecular flexibility index (Phi) is 4.01. The number of nitrogens with one attached hydrogen (secondary N) is 1. The van der Waals surface area contributed by atoms with Crippen LogP contribution in [0.15, 0.2) is 17.2 Å². The van der Waals surface area contributed by atoms with E-state index in [1.165, 1.54) is 6.92 Å². The van der Waals surface area contributed by atoms with Gasteiger partial charge >= 0.3 is 0 Å². The number of amides is 2. The molecule has 7 nitrogen and oxygen atoms in total. The van der Waals surface area contributed by atoms with Crippen LogP contribution in [0.1, 0.15) is 6.92 Å². The Balaban J connectivity index is 2.45. The number of rotatable bonds is 2. The van der Waals surface area contributed by atoms with Gasteiger partial charge in [-0.2, -0.15) is 4.31 Å². The van der Waals surface area contributed by atoms with E-state index >= 15 is 0 Å². The van der Waals surface area contributed by atoms with Gasteiger partial charge in [0.1, 0.15) is 16.1 Å². The molecular formula is C10H9Cl2N3O4S. The van der Waals surface area contributed by atoms with Gasteiger partial charge in [-0.1, -0.05) is 23.2 Å². The van der Waals surface area contributed by atoms with Crippen molar-refractivity contribution in [3.05, 3.63) is 22.4 Å². The van der Waals surface area contributed by atoms with Crippen molar-refractivity contribution in [1.29, 1.82) is 0 Å². The molecule has 0 aromatic carbocycles. The van der Waals surface area contributed by atoms with E-state index in [1.54, 1.807) is 0 Å². The van der Waals surface area contributed by atoms with Gasteiger partial charge in [0.25, 0.3) is 0 Å². The molecule has 1 aromatic heterocycles. The largest absolute Gasteiger partial charge is 0.294 e. The molecule has 2 heterocycles. The van der Waals surface area contributed by atoms with Crippen LogP contribution in [0.25, 0.3) is 0 Å². The predicted molar refractivity (Wildman–Crippen MR) is 70.8 cm³/mol. The lowest BCUT2D eigenvalue weighted by molar-refractivity contribution is -0.136. The summed E-state index contributed by atoms with van der Waals surface area (Å²) in [4.78, 5) is 26.3. The quantitative estimate of drug-likeness (QED) is 0.623. The Hall–Kier alpha value is -1.22. The highest BCUT2D eigenvalue weighted by Crippen LogP contribution is 2.25. The van der Waals surface area contributed by atoms with Crippen molar-refractivity contribution in [2.75, 3.05) is 6.54 Å². The van der Waals surface area contributed by atoms with E-state index in [2.05, 4.69) is 10.3 Å². The predicted octanol–water partition coefficient (Wildman–Crippen LogP) is 0.424. The number of carbonyl (C=O) groups is 2. The Morgan fingerprint density at radius 1 is 1.40 bits per heavy atom. The number of hydrogen-bond acceptors (Lipinski definition) is 5. The molecule has 0 aliphatic carbocycles. The Bertz CT molecular complexity index is 692. The van der Waals surface area contributed by atoms with Gasteiger partial charge in [-0.05, 0) is 13.0 Å². The van der Waals surface area contributed by atoms with E-state index in [0.717, 1.165) is 16.6 Å². The SMILES string of the molecule is CC1C(=O)NC(=O)CN1S(=O)(=O)c1cnc(Cl)c(Cl)c1.